The average Bonchev–Trinajstić information content (AvgIpc) is 3.33. The molecule has 1 aromatic heterocycles. The van der Waals surface area contributed by atoms with E-state index in [0.717, 1.165) is 63.7 Å². The third-order valence-corrected chi connectivity index (χ3v) is 6.20. The van der Waals surface area contributed by atoms with Crippen LogP contribution in [0.15, 0.2) is 60.7 Å². The largest absolute Gasteiger partial charge is 0.497 e. The Bertz CT molecular complexity index is 993. The number of ether oxygens (including phenoxy) is 1. The fourth-order valence-electron chi connectivity index (χ4n) is 4.29. The van der Waals surface area contributed by atoms with Crippen LogP contribution in [0.5, 0.6) is 5.75 Å². The molecule has 2 heterocycles. The van der Waals surface area contributed by atoms with Gasteiger partial charge in [-0.2, -0.15) is 0 Å². The number of hydrogen-bond acceptors (Lipinski definition) is 6. The molecule has 33 heavy (non-hydrogen) atoms. The second-order valence-electron chi connectivity index (χ2n) is 8.44. The second-order valence-corrected chi connectivity index (χ2v) is 8.44. The molecular weight excluding hydrogens is 412 g/mol. The minimum atomic E-state index is 0.0322. The number of aromatic nitrogens is 4. The molecule has 0 amide bonds. The molecule has 174 valence electrons. The summed E-state index contributed by atoms with van der Waals surface area (Å²) in [6, 6.07) is 18.8. The van der Waals surface area contributed by atoms with Crippen LogP contribution in [0, 0.1) is 0 Å². The van der Waals surface area contributed by atoms with Gasteiger partial charge in [-0.25, -0.2) is 4.68 Å². The zero-order valence-corrected chi connectivity index (χ0v) is 19.7. The van der Waals surface area contributed by atoms with Crippen molar-refractivity contribution in [3.05, 3.63) is 77.6 Å². The predicted molar refractivity (Wildman–Crippen MR) is 131 cm³/mol. The van der Waals surface area contributed by atoms with Crippen LogP contribution < -0.4 is 4.74 Å². The van der Waals surface area contributed by atoms with Crippen LogP contribution in [0.3, 0.4) is 0 Å². The van der Waals surface area contributed by atoms with Gasteiger partial charge in [0.25, 0.3) is 0 Å². The number of piperazine rings is 1. The van der Waals surface area contributed by atoms with Crippen molar-refractivity contribution in [3.8, 4) is 5.75 Å². The highest BCUT2D eigenvalue weighted by molar-refractivity contribution is 5.48. The standard InChI is InChI=1S/C26H34N6O/c1-3-4-17-32-26(27-28-29-32)25(23-12-14-24(33-2)15-13-23)31-20-18-30(19-21-31)16-8-11-22-9-6-5-7-10-22/h5-15,25H,3-4,16-21H2,1-2H3/b11-8+. The molecule has 7 nitrogen and oxygen atoms in total. The van der Waals surface area contributed by atoms with Crippen LogP contribution in [0.1, 0.15) is 42.8 Å². The summed E-state index contributed by atoms with van der Waals surface area (Å²) in [5, 5.41) is 12.8. The Kier molecular flexibility index (Phi) is 8.22. The van der Waals surface area contributed by atoms with Gasteiger partial charge in [0.2, 0.25) is 0 Å². The average molecular weight is 447 g/mol. The summed E-state index contributed by atoms with van der Waals surface area (Å²) in [6.07, 6.45) is 6.64. The van der Waals surface area contributed by atoms with Crippen molar-refractivity contribution in [2.45, 2.75) is 32.4 Å². The molecule has 3 aromatic rings. The Labute approximate surface area is 196 Å². The van der Waals surface area contributed by atoms with E-state index >= 15 is 0 Å². The summed E-state index contributed by atoms with van der Waals surface area (Å²) >= 11 is 0. The molecule has 0 bridgehead atoms. The van der Waals surface area contributed by atoms with E-state index in [1.807, 2.05) is 22.9 Å². The minimum Gasteiger partial charge on any atom is -0.497 e. The van der Waals surface area contributed by atoms with Gasteiger partial charge in [0.05, 0.1) is 13.2 Å². The molecule has 7 heteroatoms. The SMILES string of the molecule is CCCCn1nnnc1C(c1ccc(OC)cc1)N1CCN(C/C=C/c2ccccc2)CC1. The van der Waals surface area contributed by atoms with Gasteiger partial charge in [-0.15, -0.1) is 5.10 Å². The summed E-state index contributed by atoms with van der Waals surface area (Å²) in [6.45, 7) is 7.97. The fourth-order valence-corrected chi connectivity index (χ4v) is 4.29. The number of benzene rings is 2. The first kappa shape index (κ1) is 23.1. The van der Waals surface area contributed by atoms with E-state index in [1.54, 1.807) is 7.11 Å². The zero-order chi connectivity index (χ0) is 22.9. The lowest BCUT2D eigenvalue weighted by Gasteiger charge is -2.38. The fraction of sp³-hybridized carbons (Fsp3) is 0.423. The number of aryl methyl sites for hydroxylation is 1. The van der Waals surface area contributed by atoms with Crippen molar-refractivity contribution in [1.29, 1.82) is 0 Å². The Hall–Kier alpha value is -3.03. The maximum atomic E-state index is 5.37. The predicted octanol–water partition coefficient (Wildman–Crippen LogP) is 3.90. The first-order valence-corrected chi connectivity index (χ1v) is 11.9. The van der Waals surface area contributed by atoms with Crippen LogP contribution in [0.25, 0.3) is 6.08 Å². The van der Waals surface area contributed by atoms with E-state index in [2.05, 4.69) is 80.8 Å². The van der Waals surface area contributed by atoms with Crippen LogP contribution in [-0.2, 0) is 6.54 Å². The normalized spacial score (nSPS) is 16.3. The third-order valence-electron chi connectivity index (χ3n) is 6.20. The third kappa shape index (κ3) is 6.06. The molecule has 2 aromatic carbocycles. The lowest BCUT2D eigenvalue weighted by Crippen LogP contribution is -2.48. The van der Waals surface area contributed by atoms with Crippen molar-refractivity contribution >= 4 is 6.08 Å². The summed E-state index contributed by atoms with van der Waals surface area (Å²) < 4.78 is 7.35. The first-order chi connectivity index (χ1) is 16.3. The van der Waals surface area contributed by atoms with E-state index in [-0.39, 0.29) is 6.04 Å². The maximum Gasteiger partial charge on any atom is 0.173 e. The Morgan fingerprint density at radius 1 is 1.00 bits per heavy atom. The molecule has 1 unspecified atom stereocenters. The van der Waals surface area contributed by atoms with Gasteiger partial charge in [0.1, 0.15) is 5.75 Å². The van der Waals surface area contributed by atoms with Gasteiger partial charge < -0.3 is 4.74 Å². The van der Waals surface area contributed by atoms with Crippen LogP contribution in [0.4, 0.5) is 0 Å². The van der Waals surface area contributed by atoms with E-state index in [4.69, 9.17) is 4.74 Å². The molecule has 0 aliphatic carbocycles. The lowest BCUT2D eigenvalue weighted by molar-refractivity contribution is 0.112. The highest BCUT2D eigenvalue weighted by Gasteiger charge is 2.30. The first-order valence-electron chi connectivity index (χ1n) is 11.9. The molecule has 1 fully saturated rings. The van der Waals surface area contributed by atoms with E-state index in [0.29, 0.717) is 0 Å². The zero-order valence-electron chi connectivity index (χ0n) is 19.7. The molecule has 0 N–H and O–H groups in total. The van der Waals surface area contributed by atoms with Crippen molar-refractivity contribution in [3.63, 3.8) is 0 Å². The van der Waals surface area contributed by atoms with Gasteiger partial charge in [-0.1, -0.05) is 68.0 Å². The maximum absolute atomic E-state index is 5.37. The van der Waals surface area contributed by atoms with Crippen molar-refractivity contribution in [1.82, 2.24) is 30.0 Å². The van der Waals surface area contributed by atoms with Crippen molar-refractivity contribution in [2.24, 2.45) is 0 Å². The molecule has 1 aliphatic heterocycles. The van der Waals surface area contributed by atoms with E-state index < -0.39 is 0 Å². The molecule has 1 aliphatic rings. The number of hydrogen-bond donors (Lipinski definition) is 0. The number of rotatable bonds is 10. The molecule has 0 saturated carbocycles. The summed E-state index contributed by atoms with van der Waals surface area (Å²) in [5.41, 5.74) is 2.44. The quantitative estimate of drug-likeness (QED) is 0.471. The van der Waals surface area contributed by atoms with Gasteiger partial charge in [-0.05, 0) is 40.1 Å². The smallest absolute Gasteiger partial charge is 0.173 e. The number of unbranched alkanes of at least 4 members (excludes halogenated alkanes) is 1. The summed E-state index contributed by atoms with van der Waals surface area (Å²) in [4.78, 5) is 5.01. The highest BCUT2D eigenvalue weighted by atomic mass is 16.5. The molecule has 0 spiro atoms. The summed E-state index contributed by atoms with van der Waals surface area (Å²) in [5.74, 6) is 1.78. The summed E-state index contributed by atoms with van der Waals surface area (Å²) in [7, 11) is 1.70. The molecule has 1 saturated heterocycles. The Morgan fingerprint density at radius 2 is 1.76 bits per heavy atom. The number of tetrazole rings is 1. The number of nitrogens with zero attached hydrogens (tertiary/aromatic N) is 6. The van der Waals surface area contributed by atoms with Crippen LogP contribution in [0.2, 0.25) is 0 Å². The van der Waals surface area contributed by atoms with Crippen LogP contribution in [-0.4, -0.2) is 69.8 Å². The van der Waals surface area contributed by atoms with Gasteiger partial charge in [0, 0.05) is 39.3 Å². The molecule has 1 atom stereocenters. The highest BCUT2D eigenvalue weighted by Crippen LogP contribution is 2.29. The molecular formula is C26H34N6O. The molecule has 0 radical (unpaired) electrons. The Balaban J connectivity index is 1.46. The number of methoxy groups -OCH3 is 1. The van der Waals surface area contributed by atoms with Gasteiger partial charge in [-0.3, -0.25) is 9.80 Å². The topological polar surface area (TPSA) is 59.3 Å². The second kappa shape index (κ2) is 11.7. The lowest BCUT2D eigenvalue weighted by atomic mass is 10.0. The van der Waals surface area contributed by atoms with Gasteiger partial charge >= 0.3 is 0 Å². The minimum absolute atomic E-state index is 0.0322. The van der Waals surface area contributed by atoms with Crippen LogP contribution >= 0.6 is 0 Å². The molecule has 4 rings (SSSR count). The van der Waals surface area contributed by atoms with E-state index in [1.165, 1.54) is 11.1 Å². The van der Waals surface area contributed by atoms with E-state index in [9.17, 15) is 0 Å². The van der Waals surface area contributed by atoms with Crippen molar-refractivity contribution in [2.75, 3.05) is 39.8 Å². The Morgan fingerprint density at radius 3 is 2.45 bits per heavy atom. The van der Waals surface area contributed by atoms with Crippen molar-refractivity contribution < 1.29 is 4.74 Å². The van der Waals surface area contributed by atoms with Gasteiger partial charge in [0.15, 0.2) is 5.82 Å². The monoisotopic (exact) mass is 446 g/mol.